The van der Waals surface area contributed by atoms with Gasteiger partial charge in [-0.05, 0) is 25.0 Å². The van der Waals surface area contributed by atoms with E-state index in [4.69, 9.17) is 27.9 Å². The number of halogens is 2. The third kappa shape index (κ3) is 3.34. The van der Waals surface area contributed by atoms with Gasteiger partial charge in [0, 0.05) is 18.7 Å². The fourth-order valence-electron chi connectivity index (χ4n) is 2.33. The highest BCUT2D eigenvalue weighted by Crippen LogP contribution is 2.34. The average Bonchev–Trinajstić information content (AvgIpc) is 2.66. The molecule has 0 atom stereocenters. The Morgan fingerprint density at radius 3 is 2.11 bits per heavy atom. The molecule has 1 aromatic rings. The van der Waals surface area contributed by atoms with Crippen molar-refractivity contribution in [2.45, 2.75) is 25.7 Å². The summed E-state index contributed by atoms with van der Waals surface area (Å²) in [5.74, 6) is 0.407. The Hall–Kier alpha value is -0.930. The van der Waals surface area contributed by atoms with Crippen LogP contribution in [0.4, 0.5) is 0 Å². The molecule has 0 spiro atoms. The number of carbonyl (C=O) groups excluding carboxylic acids is 1. The predicted molar refractivity (Wildman–Crippen MR) is 77.4 cm³/mol. The number of rotatable bonds is 2. The highest BCUT2D eigenvalue weighted by molar-refractivity contribution is 6.37. The third-order valence-electron chi connectivity index (χ3n) is 3.34. The van der Waals surface area contributed by atoms with Crippen LogP contribution in [0.1, 0.15) is 36.0 Å². The number of hydrogen-bond acceptors (Lipinski definition) is 2. The Labute approximate surface area is 123 Å². The SMILES string of the molecule is COc1c(Cl)cc(C(=O)N2CCCCCC2)cc1Cl. The number of ether oxygens (including phenoxy) is 1. The standard InChI is InChI=1S/C14H17Cl2NO2/c1-19-13-11(15)8-10(9-12(13)16)14(18)17-6-4-2-3-5-7-17/h8-9H,2-7H2,1H3. The minimum absolute atomic E-state index is 0.00615. The Morgan fingerprint density at radius 2 is 1.63 bits per heavy atom. The highest BCUT2D eigenvalue weighted by atomic mass is 35.5. The molecule has 5 heteroatoms. The van der Waals surface area contributed by atoms with E-state index in [9.17, 15) is 4.79 Å². The molecule has 1 aliphatic heterocycles. The molecule has 3 nitrogen and oxygen atoms in total. The molecular formula is C14H17Cl2NO2. The molecule has 0 saturated carbocycles. The first-order valence-electron chi connectivity index (χ1n) is 6.46. The van der Waals surface area contributed by atoms with E-state index in [1.54, 1.807) is 12.1 Å². The molecule has 104 valence electrons. The molecule has 0 unspecified atom stereocenters. The fraction of sp³-hybridized carbons (Fsp3) is 0.500. The van der Waals surface area contributed by atoms with Crippen molar-refractivity contribution in [3.05, 3.63) is 27.7 Å². The molecule has 0 radical (unpaired) electrons. The van der Waals surface area contributed by atoms with E-state index in [0.717, 1.165) is 25.9 Å². The summed E-state index contributed by atoms with van der Waals surface area (Å²) < 4.78 is 5.09. The van der Waals surface area contributed by atoms with Crippen molar-refractivity contribution in [1.82, 2.24) is 4.90 Å². The molecule has 0 aliphatic carbocycles. The zero-order valence-corrected chi connectivity index (χ0v) is 12.4. The van der Waals surface area contributed by atoms with Crippen LogP contribution in [-0.2, 0) is 0 Å². The smallest absolute Gasteiger partial charge is 0.253 e. The highest BCUT2D eigenvalue weighted by Gasteiger charge is 2.19. The van der Waals surface area contributed by atoms with Crippen LogP contribution in [0.2, 0.25) is 10.0 Å². The fourth-order valence-corrected chi connectivity index (χ4v) is 2.98. The summed E-state index contributed by atoms with van der Waals surface area (Å²) in [5.41, 5.74) is 0.526. The number of amides is 1. The van der Waals surface area contributed by atoms with E-state index >= 15 is 0 Å². The van der Waals surface area contributed by atoms with Crippen LogP contribution in [0.5, 0.6) is 5.75 Å². The Bertz CT molecular complexity index is 446. The lowest BCUT2D eigenvalue weighted by Crippen LogP contribution is -2.31. The van der Waals surface area contributed by atoms with E-state index in [1.807, 2.05) is 4.90 Å². The second kappa shape index (κ2) is 6.49. The lowest BCUT2D eigenvalue weighted by Gasteiger charge is -2.21. The van der Waals surface area contributed by atoms with Crippen molar-refractivity contribution in [1.29, 1.82) is 0 Å². The van der Waals surface area contributed by atoms with Crippen molar-refractivity contribution in [2.75, 3.05) is 20.2 Å². The zero-order valence-electron chi connectivity index (χ0n) is 10.9. The van der Waals surface area contributed by atoms with Crippen molar-refractivity contribution < 1.29 is 9.53 Å². The lowest BCUT2D eigenvalue weighted by molar-refractivity contribution is 0.0761. The summed E-state index contributed by atoms with van der Waals surface area (Å²) in [5, 5.41) is 0.737. The Kier molecular flexibility index (Phi) is 4.94. The van der Waals surface area contributed by atoms with Crippen molar-refractivity contribution >= 4 is 29.1 Å². The average molecular weight is 302 g/mol. The number of likely N-dealkylation sites (tertiary alicyclic amines) is 1. The second-order valence-corrected chi connectivity index (χ2v) is 5.49. The first-order chi connectivity index (χ1) is 9.13. The summed E-state index contributed by atoms with van der Waals surface area (Å²) in [6, 6.07) is 3.25. The maximum absolute atomic E-state index is 12.4. The number of nitrogens with zero attached hydrogens (tertiary/aromatic N) is 1. The van der Waals surface area contributed by atoms with Gasteiger partial charge in [0.15, 0.2) is 5.75 Å². The van der Waals surface area contributed by atoms with Crippen LogP contribution in [0.15, 0.2) is 12.1 Å². The summed E-state index contributed by atoms with van der Waals surface area (Å²) >= 11 is 12.1. The molecule has 19 heavy (non-hydrogen) atoms. The number of methoxy groups -OCH3 is 1. The second-order valence-electron chi connectivity index (χ2n) is 4.68. The van der Waals surface area contributed by atoms with Crippen molar-refractivity contribution in [3.63, 3.8) is 0 Å². The first kappa shape index (κ1) is 14.5. The van der Waals surface area contributed by atoms with Crippen LogP contribution in [0.3, 0.4) is 0 Å². The first-order valence-corrected chi connectivity index (χ1v) is 7.21. The molecule has 1 saturated heterocycles. The minimum Gasteiger partial charge on any atom is -0.494 e. The summed E-state index contributed by atoms with van der Waals surface area (Å²) in [6.07, 6.45) is 4.49. The van der Waals surface area contributed by atoms with E-state index in [-0.39, 0.29) is 5.91 Å². The van der Waals surface area contributed by atoms with Gasteiger partial charge in [0.05, 0.1) is 17.2 Å². The van der Waals surface area contributed by atoms with Gasteiger partial charge >= 0.3 is 0 Å². The van der Waals surface area contributed by atoms with E-state index in [0.29, 0.717) is 21.4 Å². The molecule has 1 amide bonds. The van der Waals surface area contributed by atoms with Crippen LogP contribution in [0.25, 0.3) is 0 Å². The van der Waals surface area contributed by atoms with E-state index < -0.39 is 0 Å². The summed E-state index contributed by atoms with van der Waals surface area (Å²) in [4.78, 5) is 14.3. The van der Waals surface area contributed by atoms with E-state index in [1.165, 1.54) is 20.0 Å². The van der Waals surface area contributed by atoms with Gasteiger partial charge in [0.25, 0.3) is 5.91 Å². The van der Waals surface area contributed by atoms with Gasteiger partial charge in [-0.25, -0.2) is 0 Å². The molecular weight excluding hydrogens is 285 g/mol. The van der Waals surface area contributed by atoms with Crippen molar-refractivity contribution in [2.24, 2.45) is 0 Å². The van der Waals surface area contributed by atoms with Gasteiger partial charge in [-0.2, -0.15) is 0 Å². The number of carbonyl (C=O) groups is 1. The molecule has 2 rings (SSSR count). The Balaban J connectivity index is 2.23. The normalized spacial score (nSPS) is 16.1. The largest absolute Gasteiger partial charge is 0.494 e. The van der Waals surface area contributed by atoms with E-state index in [2.05, 4.69) is 0 Å². The van der Waals surface area contributed by atoms with Gasteiger partial charge in [0.2, 0.25) is 0 Å². The summed E-state index contributed by atoms with van der Waals surface area (Å²) in [7, 11) is 1.50. The molecule has 0 bridgehead atoms. The monoisotopic (exact) mass is 301 g/mol. The quantitative estimate of drug-likeness (QED) is 0.826. The lowest BCUT2D eigenvalue weighted by atomic mass is 10.2. The Morgan fingerprint density at radius 1 is 1.11 bits per heavy atom. The zero-order chi connectivity index (χ0) is 13.8. The van der Waals surface area contributed by atoms with Gasteiger partial charge in [-0.3, -0.25) is 4.79 Å². The molecule has 0 N–H and O–H groups in total. The topological polar surface area (TPSA) is 29.5 Å². The predicted octanol–water partition coefficient (Wildman–Crippen LogP) is 4.02. The number of hydrogen-bond donors (Lipinski definition) is 0. The van der Waals surface area contributed by atoms with Gasteiger partial charge < -0.3 is 9.64 Å². The number of benzene rings is 1. The molecule has 0 aromatic heterocycles. The van der Waals surface area contributed by atoms with Crippen LogP contribution < -0.4 is 4.74 Å². The molecule has 1 fully saturated rings. The molecule has 1 aromatic carbocycles. The minimum atomic E-state index is -0.00615. The van der Waals surface area contributed by atoms with Gasteiger partial charge in [-0.1, -0.05) is 36.0 Å². The van der Waals surface area contributed by atoms with Crippen LogP contribution in [-0.4, -0.2) is 31.0 Å². The maximum atomic E-state index is 12.4. The van der Waals surface area contributed by atoms with Crippen molar-refractivity contribution in [3.8, 4) is 5.75 Å². The maximum Gasteiger partial charge on any atom is 0.253 e. The van der Waals surface area contributed by atoms with Crippen LogP contribution >= 0.6 is 23.2 Å². The molecule has 1 aliphatic rings. The van der Waals surface area contributed by atoms with Crippen LogP contribution in [0, 0.1) is 0 Å². The third-order valence-corrected chi connectivity index (χ3v) is 3.90. The van der Waals surface area contributed by atoms with Gasteiger partial charge in [-0.15, -0.1) is 0 Å². The van der Waals surface area contributed by atoms with Gasteiger partial charge in [0.1, 0.15) is 0 Å². The summed E-state index contributed by atoms with van der Waals surface area (Å²) in [6.45, 7) is 1.61. The molecule has 1 heterocycles.